The molecule has 0 saturated carbocycles. The Morgan fingerprint density at radius 3 is 2.28 bits per heavy atom. The fourth-order valence-corrected chi connectivity index (χ4v) is 3.61. The van der Waals surface area contributed by atoms with Crippen LogP contribution in [0.25, 0.3) is 16.9 Å². The highest BCUT2D eigenvalue weighted by molar-refractivity contribution is 6.00. The number of hydrogen-bond donors (Lipinski definition) is 1. The van der Waals surface area contributed by atoms with E-state index in [2.05, 4.69) is 5.32 Å². The van der Waals surface area contributed by atoms with Crippen molar-refractivity contribution in [2.45, 2.75) is 6.42 Å². The summed E-state index contributed by atoms with van der Waals surface area (Å²) in [7, 11) is 3.26. The fraction of sp³-hybridized carbons (Fsp3) is 0.154. The summed E-state index contributed by atoms with van der Waals surface area (Å²) in [6, 6.07) is 25.1. The Bertz CT molecular complexity index is 1200. The molecule has 0 aliphatic heterocycles. The van der Waals surface area contributed by atoms with Gasteiger partial charge in [-0.25, -0.2) is 4.68 Å². The summed E-state index contributed by atoms with van der Waals surface area (Å²) < 4.78 is 12.6. The molecule has 3 aromatic carbocycles. The number of ether oxygens (including phenoxy) is 2. The lowest BCUT2D eigenvalue weighted by molar-refractivity contribution is 0.0954. The van der Waals surface area contributed by atoms with Gasteiger partial charge < -0.3 is 14.8 Å². The number of rotatable bonds is 8. The third-order valence-corrected chi connectivity index (χ3v) is 5.21. The van der Waals surface area contributed by atoms with E-state index in [1.165, 1.54) is 0 Å². The van der Waals surface area contributed by atoms with E-state index in [1.54, 1.807) is 25.1 Å². The first-order valence-corrected chi connectivity index (χ1v) is 10.4. The maximum atomic E-state index is 13.2. The lowest BCUT2D eigenvalue weighted by Gasteiger charge is -2.10. The third kappa shape index (κ3) is 4.49. The maximum absolute atomic E-state index is 13.2. The van der Waals surface area contributed by atoms with E-state index in [9.17, 15) is 4.79 Å². The van der Waals surface area contributed by atoms with Crippen LogP contribution in [-0.4, -0.2) is 36.5 Å². The molecule has 0 aliphatic carbocycles. The van der Waals surface area contributed by atoms with Gasteiger partial charge in [0.05, 0.1) is 25.5 Å². The van der Waals surface area contributed by atoms with Gasteiger partial charge in [0.25, 0.3) is 5.91 Å². The second-order valence-electron chi connectivity index (χ2n) is 7.19. The molecule has 0 atom stereocenters. The number of methoxy groups -OCH3 is 2. The van der Waals surface area contributed by atoms with Crippen LogP contribution in [-0.2, 0) is 6.42 Å². The lowest BCUT2D eigenvalue weighted by Crippen LogP contribution is -2.26. The van der Waals surface area contributed by atoms with Crippen molar-refractivity contribution in [3.8, 4) is 28.4 Å². The van der Waals surface area contributed by atoms with Gasteiger partial charge in [0, 0.05) is 18.3 Å². The molecule has 0 fully saturated rings. The van der Waals surface area contributed by atoms with Crippen LogP contribution >= 0.6 is 0 Å². The van der Waals surface area contributed by atoms with E-state index in [0.29, 0.717) is 30.0 Å². The SMILES string of the molecule is COc1ccccc1CCNC(=O)c1cn(-c2ccccc2)nc1-c1ccccc1OC. The Balaban J connectivity index is 1.63. The number of hydrogen-bond acceptors (Lipinski definition) is 4. The average molecular weight is 428 g/mol. The van der Waals surface area contributed by atoms with Crippen LogP contribution < -0.4 is 14.8 Å². The van der Waals surface area contributed by atoms with Gasteiger partial charge in [0.15, 0.2) is 0 Å². The van der Waals surface area contributed by atoms with E-state index in [4.69, 9.17) is 14.6 Å². The molecule has 4 aromatic rings. The Labute approximate surface area is 187 Å². The van der Waals surface area contributed by atoms with Crippen molar-refractivity contribution in [1.29, 1.82) is 0 Å². The van der Waals surface area contributed by atoms with Gasteiger partial charge in [0.1, 0.15) is 17.2 Å². The molecule has 6 nitrogen and oxygen atoms in total. The summed E-state index contributed by atoms with van der Waals surface area (Å²) in [5.74, 6) is 1.28. The molecule has 1 aromatic heterocycles. The summed E-state index contributed by atoms with van der Waals surface area (Å²) >= 11 is 0. The first-order valence-electron chi connectivity index (χ1n) is 10.4. The molecular formula is C26H25N3O3. The largest absolute Gasteiger partial charge is 0.496 e. The fourth-order valence-electron chi connectivity index (χ4n) is 3.61. The summed E-state index contributed by atoms with van der Waals surface area (Å²) in [6.45, 7) is 0.473. The first kappa shape index (κ1) is 21.2. The third-order valence-electron chi connectivity index (χ3n) is 5.21. The van der Waals surface area contributed by atoms with E-state index in [0.717, 1.165) is 22.6 Å². The van der Waals surface area contributed by atoms with Crippen molar-refractivity contribution >= 4 is 5.91 Å². The molecular weight excluding hydrogens is 402 g/mol. The molecule has 0 aliphatic rings. The highest BCUT2D eigenvalue weighted by atomic mass is 16.5. The summed E-state index contributed by atoms with van der Waals surface area (Å²) in [5.41, 5.74) is 3.73. The highest BCUT2D eigenvalue weighted by Crippen LogP contribution is 2.31. The average Bonchev–Trinajstić information content (AvgIpc) is 3.30. The number of benzene rings is 3. The van der Waals surface area contributed by atoms with Gasteiger partial charge >= 0.3 is 0 Å². The molecule has 0 bridgehead atoms. The predicted molar refractivity (Wildman–Crippen MR) is 125 cm³/mol. The minimum absolute atomic E-state index is 0.192. The van der Waals surface area contributed by atoms with E-state index < -0.39 is 0 Å². The van der Waals surface area contributed by atoms with Crippen molar-refractivity contribution in [1.82, 2.24) is 15.1 Å². The monoisotopic (exact) mass is 427 g/mol. The van der Waals surface area contributed by atoms with Gasteiger partial charge in [-0.3, -0.25) is 4.79 Å². The van der Waals surface area contributed by atoms with Crippen molar-refractivity contribution in [3.63, 3.8) is 0 Å². The van der Waals surface area contributed by atoms with Gasteiger partial charge in [-0.1, -0.05) is 48.5 Å². The molecule has 0 saturated heterocycles. The topological polar surface area (TPSA) is 65.4 Å². The Hall–Kier alpha value is -4.06. The summed E-state index contributed by atoms with van der Waals surface area (Å²) in [5, 5.41) is 7.75. The van der Waals surface area contributed by atoms with Gasteiger partial charge in [-0.2, -0.15) is 5.10 Å². The number of nitrogens with zero attached hydrogens (tertiary/aromatic N) is 2. The molecule has 0 radical (unpaired) electrons. The van der Waals surface area contributed by atoms with Gasteiger partial charge in [0.2, 0.25) is 0 Å². The molecule has 0 unspecified atom stereocenters. The lowest BCUT2D eigenvalue weighted by atomic mass is 10.1. The van der Waals surface area contributed by atoms with Crippen LogP contribution in [0.5, 0.6) is 11.5 Å². The van der Waals surface area contributed by atoms with Crippen LogP contribution in [0.4, 0.5) is 0 Å². The summed E-state index contributed by atoms with van der Waals surface area (Å²) in [4.78, 5) is 13.2. The second kappa shape index (κ2) is 9.83. The minimum Gasteiger partial charge on any atom is -0.496 e. The van der Waals surface area contributed by atoms with Crippen LogP contribution in [0.15, 0.2) is 85.1 Å². The predicted octanol–water partition coefficient (Wildman–Crippen LogP) is 4.53. The molecule has 32 heavy (non-hydrogen) atoms. The van der Waals surface area contributed by atoms with Crippen LogP contribution in [0.3, 0.4) is 0 Å². The normalized spacial score (nSPS) is 10.6. The molecule has 162 valence electrons. The molecule has 0 spiro atoms. The Morgan fingerprint density at radius 2 is 1.53 bits per heavy atom. The number of para-hydroxylation sites is 3. The number of aromatic nitrogens is 2. The molecule has 6 heteroatoms. The van der Waals surface area contributed by atoms with Crippen LogP contribution in [0, 0.1) is 0 Å². The van der Waals surface area contributed by atoms with Crippen LogP contribution in [0.1, 0.15) is 15.9 Å². The quantitative estimate of drug-likeness (QED) is 0.449. The second-order valence-corrected chi connectivity index (χ2v) is 7.19. The number of nitrogens with one attached hydrogen (secondary N) is 1. The van der Waals surface area contributed by atoms with E-state index >= 15 is 0 Å². The molecule has 4 rings (SSSR count). The van der Waals surface area contributed by atoms with Gasteiger partial charge in [-0.15, -0.1) is 0 Å². The standard InChI is InChI=1S/C26H25N3O3/c1-31-23-14-8-6-10-19(23)16-17-27-26(30)22-18-29(20-11-4-3-5-12-20)28-25(22)21-13-7-9-15-24(21)32-2/h3-15,18H,16-17H2,1-2H3,(H,27,30). The zero-order valence-corrected chi connectivity index (χ0v) is 18.1. The number of amides is 1. The molecule has 1 heterocycles. The Morgan fingerprint density at radius 1 is 0.875 bits per heavy atom. The first-order chi connectivity index (χ1) is 15.7. The molecule has 1 N–H and O–H groups in total. The van der Waals surface area contributed by atoms with Gasteiger partial charge in [-0.05, 0) is 42.3 Å². The molecule has 1 amide bonds. The zero-order chi connectivity index (χ0) is 22.3. The summed E-state index contributed by atoms with van der Waals surface area (Å²) in [6.07, 6.45) is 2.42. The number of carbonyl (C=O) groups excluding carboxylic acids is 1. The minimum atomic E-state index is -0.192. The Kier molecular flexibility index (Phi) is 6.51. The van der Waals surface area contributed by atoms with Crippen molar-refractivity contribution in [2.75, 3.05) is 20.8 Å². The maximum Gasteiger partial charge on any atom is 0.255 e. The smallest absolute Gasteiger partial charge is 0.255 e. The van der Waals surface area contributed by atoms with Crippen LogP contribution in [0.2, 0.25) is 0 Å². The highest BCUT2D eigenvalue weighted by Gasteiger charge is 2.21. The van der Waals surface area contributed by atoms with Crippen molar-refractivity contribution < 1.29 is 14.3 Å². The van der Waals surface area contributed by atoms with Crippen molar-refractivity contribution in [2.24, 2.45) is 0 Å². The number of carbonyl (C=O) groups is 1. The van der Waals surface area contributed by atoms with Crippen molar-refractivity contribution in [3.05, 3.63) is 96.2 Å². The van der Waals surface area contributed by atoms with E-state index in [1.807, 2.05) is 78.9 Å². The van der Waals surface area contributed by atoms with E-state index in [-0.39, 0.29) is 5.91 Å². The zero-order valence-electron chi connectivity index (χ0n) is 18.1.